The van der Waals surface area contributed by atoms with E-state index >= 15 is 0 Å². The fraction of sp³-hybridized carbons (Fsp3) is 0.188. The van der Waals surface area contributed by atoms with E-state index in [4.69, 9.17) is 21.1 Å². The number of benzene rings is 2. The third-order valence-electron chi connectivity index (χ3n) is 3.47. The van der Waals surface area contributed by atoms with Gasteiger partial charge >= 0.3 is 0 Å². The van der Waals surface area contributed by atoms with Crippen LogP contribution in [-0.2, 0) is 0 Å². The van der Waals surface area contributed by atoms with E-state index in [9.17, 15) is 18.7 Å². The van der Waals surface area contributed by atoms with E-state index in [0.29, 0.717) is 11.5 Å². The van der Waals surface area contributed by atoms with Crippen LogP contribution in [0.3, 0.4) is 0 Å². The van der Waals surface area contributed by atoms with Crippen LogP contribution in [0.5, 0.6) is 11.5 Å². The van der Waals surface area contributed by atoms with E-state index < -0.39 is 23.6 Å². The molecule has 0 aromatic heterocycles. The van der Waals surface area contributed by atoms with Crippen molar-refractivity contribution in [1.29, 1.82) is 0 Å². The summed E-state index contributed by atoms with van der Waals surface area (Å²) in [5.74, 6) is -1.86. The normalized spacial score (nSPS) is 13.7. The lowest BCUT2D eigenvalue weighted by molar-refractivity contribution is 0.0915. The molecule has 2 aromatic rings. The minimum atomic E-state index is -1.19. The van der Waals surface area contributed by atoms with Gasteiger partial charge in [0, 0.05) is 12.1 Å². The highest BCUT2D eigenvalue weighted by Crippen LogP contribution is 2.39. The summed E-state index contributed by atoms with van der Waals surface area (Å²) >= 11 is 6.00. The molecule has 0 bridgehead atoms. The second-order valence-electron chi connectivity index (χ2n) is 5.09. The highest BCUT2D eigenvalue weighted by atomic mass is 35.5. The van der Waals surface area contributed by atoms with Gasteiger partial charge in [0.25, 0.3) is 5.91 Å². The maximum atomic E-state index is 13.2. The first-order valence-electron chi connectivity index (χ1n) is 6.96. The molecule has 1 atom stereocenters. The monoisotopic (exact) mass is 355 g/mol. The molecule has 126 valence electrons. The smallest absolute Gasteiger partial charge is 0.251 e. The summed E-state index contributed by atoms with van der Waals surface area (Å²) in [5.41, 5.74) is 0.375. The lowest BCUT2D eigenvalue weighted by atomic mass is 10.1. The van der Waals surface area contributed by atoms with Crippen molar-refractivity contribution in [3.8, 4) is 11.5 Å². The Labute approximate surface area is 140 Å². The summed E-state index contributed by atoms with van der Waals surface area (Å²) in [4.78, 5) is 12.1. The molecule has 8 heteroatoms. The Morgan fingerprint density at radius 3 is 2.79 bits per heavy atom. The van der Waals surface area contributed by atoms with Crippen LogP contribution in [0.15, 0.2) is 30.3 Å². The maximum Gasteiger partial charge on any atom is 0.251 e. The van der Waals surface area contributed by atoms with Crippen LogP contribution >= 0.6 is 11.6 Å². The van der Waals surface area contributed by atoms with Gasteiger partial charge in [-0.25, -0.2) is 8.78 Å². The van der Waals surface area contributed by atoms with Crippen molar-refractivity contribution in [3.05, 3.63) is 58.1 Å². The number of amides is 1. The highest BCUT2D eigenvalue weighted by Gasteiger charge is 2.21. The van der Waals surface area contributed by atoms with Crippen LogP contribution in [0.4, 0.5) is 8.78 Å². The Hall–Kier alpha value is -2.38. The Balaban J connectivity index is 1.67. The van der Waals surface area contributed by atoms with Gasteiger partial charge in [0.2, 0.25) is 6.79 Å². The average Bonchev–Trinajstić information content (AvgIpc) is 3.04. The largest absolute Gasteiger partial charge is 0.454 e. The van der Waals surface area contributed by atoms with Crippen molar-refractivity contribution < 1.29 is 28.2 Å². The second kappa shape index (κ2) is 6.62. The number of carbonyl (C=O) groups is 1. The van der Waals surface area contributed by atoms with Crippen molar-refractivity contribution in [2.45, 2.75) is 6.10 Å². The Morgan fingerprint density at radius 1 is 1.25 bits per heavy atom. The van der Waals surface area contributed by atoms with E-state index in [2.05, 4.69) is 5.32 Å². The molecular formula is C16H12ClF2NO4. The van der Waals surface area contributed by atoms with Crippen LogP contribution in [-0.4, -0.2) is 24.4 Å². The molecule has 0 spiro atoms. The number of fused-ring (bicyclic) bond motifs is 1. The zero-order chi connectivity index (χ0) is 17.3. The van der Waals surface area contributed by atoms with Crippen molar-refractivity contribution in [1.82, 2.24) is 5.32 Å². The van der Waals surface area contributed by atoms with Gasteiger partial charge in [0.05, 0.1) is 11.1 Å². The minimum absolute atomic E-state index is 0.0228. The average molecular weight is 356 g/mol. The summed E-state index contributed by atoms with van der Waals surface area (Å²) < 4.78 is 36.4. The number of nitrogens with one attached hydrogen (secondary N) is 1. The highest BCUT2D eigenvalue weighted by molar-refractivity contribution is 6.32. The molecule has 24 heavy (non-hydrogen) atoms. The summed E-state index contributed by atoms with van der Waals surface area (Å²) in [6.45, 7) is -0.162. The van der Waals surface area contributed by atoms with Crippen molar-refractivity contribution in [2.75, 3.05) is 13.3 Å². The molecule has 2 aromatic carbocycles. The van der Waals surface area contributed by atoms with Crippen LogP contribution < -0.4 is 14.8 Å². The van der Waals surface area contributed by atoms with Gasteiger partial charge in [-0.1, -0.05) is 17.7 Å². The van der Waals surface area contributed by atoms with Crippen molar-refractivity contribution in [3.63, 3.8) is 0 Å². The fourth-order valence-corrected chi connectivity index (χ4v) is 2.49. The van der Waals surface area contributed by atoms with Crippen LogP contribution in [0.25, 0.3) is 0 Å². The van der Waals surface area contributed by atoms with Gasteiger partial charge in [0.1, 0.15) is 0 Å². The topological polar surface area (TPSA) is 67.8 Å². The predicted molar refractivity (Wildman–Crippen MR) is 81.2 cm³/mol. The molecule has 5 nitrogen and oxygen atoms in total. The minimum Gasteiger partial charge on any atom is -0.454 e. The summed E-state index contributed by atoms with van der Waals surface area (Å²) in [5, 5.41) is 12.7. The molecule has 0 saturated carbocycles. The molecule has 0 radical (unpaired) electrons. The molecule has 1 amide bonds. The van der Waals surface area contributed by atoms with Gasteiger partial charge in [-0.05, 0) is 29.8 Å². The Morgan fingerprint density at radius 2 is 2.04 bits per heavy atom. The SMILES string of the molecule is O=C(NC[C@H](O)c1ccc(F)c(F)c1)c1cc(Cl)c2c(c1)OCO2. The van der Waals surface area contributed by atoms with Crippen LogP contribution in [0.2, 0.25) is 5.02 Å². The molecule has 0 aliphatic carbocycles. The number of halogens is 3. The van der Waals surface area contributed by atoms with E-state index in [1.807, 2.05) is 0 Å². The Bertz CT molecular complexity index is 800. The van der Waals surface area contributed by atoms with Crippen LogP contribution in [0, 0.1) is 11.6 Å². The zero-order valence-electron chi connectivity index (χ0n) is 12.2. The number of hydrogen-bond donors (Lipinski definition) is 2. The van der Waals surface area contributed by atoms with Gasteiger partial charge in [-0.15, -0.1) is 0 Å². The number of rotatable bonds is 4. The number of aliphatic hydroxyl groups is 1. The third-order valence-corrected chi connectivity index (χ3v) is 3.75. The molecule has 3 rings (SSSR count). The summed E-state index contributed by atoms with van der Waals surface area (Å²) in [6.07, 6.45) is -1.19. The zero-order valence-corrected chi connectivity index (χ0v) is 12.9. The summed E-state index contributed by atoms with van der Waals surface area (Å²) in [7, 11) is 0. The van der Waals surface area contributed by atoms with Gasteiger partial charge < -0.3 is 19.9 Å². The molecule has 0 saturated heterocycles. The van der Waals surface area contributed by atoms with Crippen molar-refractivity contribution >= 4 is 17.5 Å². The maximum absolute atomic E-state index is 13.2. The first-order valence-corrected chi connectivity index (χ1v) is 7.34. The lowest BCUT2D eigenvalue weighted by Crippen LogP contribution is -2.28. The van der Waals surface area contributed by atoms with Gasteiger partial charge in [-0.3, -0.25) is 4.79 Å². The Kier molecular flexibility index (Phi) is 4.55. The van der Waals surface area contributed by atoms with E-state index in [1.54, 1.807) is 0 Å². The van der Waals surface area contributed by atoms with E-state index in [0.717, 1.165) is 12.1 Å². The van der Waals surface area contributed by atoms with Gasteiger partial charge in [-0.2, -0.15) is 0 Å². The molecular weight excluding hydrogens is 344 g/mol. The first-order chi connectivity index (χ1) is 11.5. The second-order valence-corrected chi connectivity index (χ2v) is 5.50. The number of carbonyl (C=O) groups excluding carboxylic acids is 1. The van der Waals surface area contributed by atoms with Crippen LogP contribution in [0.1, 0.15) is 22.0 Å². The first kappa shape index (κ1) is 16.5. The molecule has 0 unspecified atom stereocenters. The fourth-order valence-electron chi connectivity index (χ4n) is 2.23. The molecule has 1 heterocycles. The molecule has 0 fully saturated rings. The number of hydrogen-bond acceptors (Lipinski definition) is 4. The standard InChI is InChI=1S/C16H12ClF2NO4/c17-10-3-9(5-14-15(10)24-7-23-14)16(22)20-6-13(21)8-1-2-11(18)12(19)4-8/h1-5,13,21H,6-7H2,(H,20,22)/t13-/m0/s1. The van der Waals surface area contributed by atoms with Gasteiger partial charge in [0.15, 0.2) is 23.1 Å². The molecule has 1 aliphatic rings. The van der Waals surface area contributed by atoms with E-state index in [-0.39, 0.29) is 29.5 Å². The van der Waals surface area contributed by atoms with E-state index in [1.165, 1.54) is 18.2 Å². The number of ether oxygens (including phenoxy) is 2. The summed E-state index contributed by atoms with van der Waals surface area (Å²) in [6, 6.07) is 5.91. The lowest BCUT2D eigenvalue weighted by Gasteiger charge is -2.13. The third kappa shape index (κ3) is 3.27. The quantitative estimate of drug-likeness (QED) is 0.885. The predicted octanol–water partition coefficient (Wildman–Crippen LogP) is 2.81. The molecule has 1 aliphatic heterocycles. The number of aliphatic hydroxyl groups excluding tert-OH is 1. The molecule has 2 N–H and O–H groups in total. The van der Waals surface area contributed by atoms with Crippen molar-refractivity contribution in [2.24, 2.45) is 0 Å².